The highest BCUT2D eigenvalue weighted by atomic mass is 16.5. The smallest absolute Gasteiger partial charge is 0.123 e. The molecule has 2 heterocycles. The predicted molar refractivity (Wildman–Crippen MR) is 108 cm³/mol. The number of methoxy groups -OCH3 is 1. The first-order valence-corrected chi connectivity index (χ1v) is 9.22. The number of hydrogen-bond acceptors (Lipinski definition) is 4. The number of hydrogen-bond donors (Lipinski definition) is 3. The van der Waals surface area contributed by atoms with E-state index in [2.05, 4.69) is 16.0 Å². The van der Waals surface area contributed by atoms with Crippen molar-refractivity contribution in [3.63, 3.8) is 0 Å². The van der Waals surface area contributed by atoms with Gasteiger partial charge in [0.15, 0.2) is 0 Å². The van der Waals surface area contributed by atoms with Crippen LogP contribution in [0.4, 0.5) is 0 Å². The zero-order valence-corrected chi connectivity index (χ0v) is 16.1. The number of nitrogens with zero attached hydrogens (tertiary/aromatic N) is 2. The van der Waals surface area contributed by atoms with Crippen LogP contribution in [-0.2, 0) is 0 Å². The molecule has 0 spiro atoms. The molecule has 0 aliphatic rings. The van der Waals surface area contributed by atoms with Crippen LogP contribution in [0.1, 0.15) is 35.4 Å². The van der Waals surface area contributed by atoms with Gasteiger partial charge in [-0.25, -0.2) is 4.98 Å². The van der Waals surface area contributed by atoms with Crippen molar-refractivity contribution < 1.29 is 9.84 Å². The Labute approximate surface area is 162 Å². The maximum Gasteiger partial charge on any atom is 0.123 e. The summed E-state index contributed by atoms with van der Waals surface area (Å²) in [6, 6.07) is 11.6. The number of nitriles is 1. The number of aliphatic hydroxyl groups excluding tert-OH is 1. The first-order chi connectivity index (χ1) is 13.6. The van der Waals surface area contributed by atoms with E-state index in [1.807, 2.05) is 38.2 Å². The summed E-state index contributed by atoms with van der Waals surface area (Å²) in [5.41, 5.74) is 5.30. The molecule has 2 unspecified atom stereocenters. The highest BCUT2D eigenvalue weighted by molar-refractivity contribution is 5.89. The molecule has 0 fully saturated rings. The van der Waals surface area contributed by atoms with Crippen LogP contribution < -0.4 is 4.74 Å². The number of aliphatic hydroxyl groups is 1. The number of rotatable bonds is 5. The molecule has 3 N–H and O–H groups in total. The molecule has 0 amide bonds. The van der Waals surface area contributed by atoms with E-state index in [0.29, 0.717) is 5.56 Å². The first kappa shape index (κ1) is 18.1. The van der Waals surface area contributed by atoms with Crippen LogP contribution in [0, 0.1) is 24.2 Å². The molecule has 0 aliphatic carbocycles. The molecular weight excluding hydrogens is 352 g/mol. The minimum atomic E-state index is -0.197. The van der Waals surface area contributed by atoms with Crippen molar-refractivity contribution in [2.75, 3.05) is 13.7 Å². The Morgan fingerprint density at radius 1 is 1.29 bits per heavy atom. The Bertz CT molecular complexity index is 1200. The number of aryl methyl sites for hydroxylation is 1. The van der Waals surface area contributed by atoms with Gasteiger partial charge in [0.25, 0.3) is 0 Å². The summed E-state index contributed by atoms with van der Waals surface area (Å²) in [4.78, 5) is 11.5. The molecule has 0 saturated heterocycles. The van der Waals surface area contributed by atoms with Gasteiger partial charge >= 0.3 is 0 Å². The lowest BCUT2D eigenvalue weighted by Gasteiger charge is -2.24. The summed E-state index contributed by atoms with van der Waals surface area (Å²) in [5, 5.41) is 20.2. The van der Waals surface area contributed by atoms with Gasteiger partial charge in [0, 0.05) is 29.3 Å². The van der Waals surface area contributed by atoms with Gasteiger partial charge < -0.3 is 19.8 Å². The summed E-state index contributed by atoms with van der Waals surface area (Å²) in [6.45, 7) is 4.05. The second-order valence-corrected chi connectivity index (χ2v) is 7.18. The van der Waals surface area contributed by atoms with Gasteiger partial charge in [0.05, 0.1) is 35.7 Å². The molecule has 28 heavy (non-hydrogen) atoms. The van der Waals surface area contributed by atoms with Crippen LogP contribution in [0.25, 0.3) is 21.9 Å². The molecule has 142 valence electrons. The fourth-order valence-electron chi connectivity index (χ4n) is 3.93. The monoisotopic (exact) mass is 374 g/mol. The zero-order valence-electron chi connectivity index (χ0n) is 16.1. The quantitative estimate of drug-likeness (QED) is 0.492. The van der Waals surface area contributed by atoms with Crippen LogP contribution >= 0.6 is 0 Å². The number of nitrogens with one attached hydrogen (secondary N) is 2. The molecule has 0 radical (unpaired) electrons. The van der Waals surface area contributed by atoms with Crippen LogP contribution in [-0.4, -0.2) is 33.8 Å². The lowest BCUT2D eigenvalue weighted by Crippen LogP contribution is -2.18. The number of H-pyrrole nitrogens is 2. The number of aromatic nitrogens is 3. The fraction of sp³-hybridized carbons (Fsp3) is 0.273. The molecule has 4 rings (SSSR count). The second kappa shape index (κ2) is 7.02. The molecule has 6 heteroatoms. The van der Waals surface area contributed by atoms with Gasteiger partial charge in [-0.3, -0.25) is 0 Å². The van der Waals surface area contributed by atoms with Crippen molar-refractivity contribution in [2.24, 2.45) is 5.92 Å². The normalized spacial score (nSPS) is 13.5. The Kier molecular flexibility index (Phi) is 4.54. The van der Waals surface area contributed by atoms with Gasteiger partial charge in [0.2, 0.25) is 0 Å². The molecule has 2 aromatic carbocycles. The number of fused-ring (bicyclic) bond motifs is 2. The summed E-state index contributed by atoms with van der Waals surface area (Å²) in [6.07, 6.45) is 1.92. The standard InChI is InChI=1S/C22H22N4O2/c1-12-8-18(28-3)20(15-6-7-24-21(12)15)19(13(2)11-27)22-25-16-5-4-14(10-23)9-17(16)26-22/h4-9,13,19,24,27H,11H2,1-3H3,(H,25,26). The summed E-state index contributed by atoms with van der Waals surface area (Å²) in [7, 11) is 1.66. The third-order valence-corrected chi connectivity index (χ3v) is 5.36. The molecule has 2 atom stereocenters. The summed E-state index contributed by atoms with van der Waals surface area (Å²) < 4.78 is 5.73. The van der Waals surface area contributed by atoms with Gasteiger partial charge in [-0.15, -0.1) is 0 Å². The van der Waals surface area contributed by atoms with Gasteiger partial charge in [-0.05, 0) is 48.7 Å². The molecule has 0 bridgehead atoms. The Morgan fingerprint density at radius 2 is 2.11 bits per heavy atom. The van der Waals surface area contributed by atoms with E-state index in [9.17, 15) is 5.11 Å². The molecule has 6 nitrogen and oxygen atoms in total. The van der Waals surface area contributed by atoms with E-state index in [1.165, 1.54) is 0 Å². The maximum absolute atomic E-state index is 9.99. The van der Waals surface area contributed by atoms with Gasteiger partial charge in [-0.1, -0.05) is 6.92 Å². The van der Waals surface area contributed by atoms with Crippen LogP contribution in [0.5, 0.6) is 5.75 Å². The van der Waals surface area contributed by atoms with Crippen molar-refractivity contribution in [1.29, 1.82) is 5.26 Å². The minimum absolute atomic E-state index is 0.00804. The summed E-state index contributed by atoms with van der Waals surface area (Å²) in [5.74, 6) is 1.23. The molecule has 2 aromatic heterocycles. The zero-order chi connectivity index (χ0) is 19.8. The topological polar surface area (TPSA) is 97.7 Å². The van der Waals surface area contributed by atoms with Crippen molar-refractivity contribution in [2.45, 2.75) is 19.8 Å². The van der Waals surface area contributed by atoms with Crippen molar-refractivity contribution in [3.8, 4) is 11.8 Å². The number of ether oxygens (including phenoxy) is 1. The molecule has 0 saturated carbocycles. The van der Waals surface area contributed by atoms with Crippen LogP contribution in [0.2, 0.25) is 0 Å². The predicted octanol–water partition coefficient (Wildman–Crippen LogP) is 3.99. The van der Waals surface area contributed by atoms with E-state index in [1.54, 1.807) is 19.2 Å². The van der Waals surface area contributed by atoms with E-state index in [4.69, 9.17) is 15.0 Å². The number of imidazole rings is 1. The van der Waals surface area contributed by atoms with E-state index < -0.39 is 0 Å². The maximum atomic E-state index is 9.99. The van der Waals surface area contributed by atoms with Crippen LogP contribution in [0.3, 0.4) is 0 Å². The van der Waals surface area contributed by atoms with Crippen molar-refractivity contribution >= 4 is 21.9 Å². The lowest BCUT2D eigenvalue weighted by molar-refractivity contribution is 0.222. The number of benzene rings is 2. The molecule has 4 aromatic rings. The van der Waals surface area contributed by atoms with E-state index in [-0.39, 0.29) is 18.4 Å². The Balaban J connectivity index is 1.98. The number of aromatic amines is 2. The average Bonchev–Trinajstić information content (AvgIpc) is 3.35. The highest BCUT2D eigenvalue weighted by Gasteiger charge is 2.29. The largest absolute Gasteiger partial charge is 0.496 e. The van der Waals surface area contributed by atoms with Crippen molar-refractivity contribution in [1.82, 2.24) is 15.0 Å². The second-order valence-electron chi connectivity index (χ2n) is 7.18. The van der Waals surface area contributed by atoms with E-state index in [0.717, 1.165) is 44.6 Å². The minimum Gasteiger partial charge on any atom is -0.496 e. The fourth-order valence-corrected chi connectivity index (χ4v) is 3.93. The van der Waals surface area contributed by atoms with Crippen molar-refractivity contribution in [3.05, 3.63) is 59.0 Å². The third kappa shape index (κ3) is 2.81. The SMILES string of the molecule is COc1cc(C)c2[nH]ccc2c1C(c1nc2cc(C#N)ccc2[nH]1)C(C)CO. The lowest BCUT2D eigenvalue weighted by atomic mass is 9.84. The highest BCUT2D eigenvalue weighted by Crippen LogP contribution is 2.42. The first-order valence-electron chi connectivity index (χ1n) is 9.22. The molecule has 0 aliphatic heterocycles. The van der Waals surface area contributed by atoms with Crippen LogP contribution in [0.15, 0.2) is 36.5 Å². The summed E-state index contributed by atoms with van der Waals surface area (Å²) >= 11 is 0. The van der Waals surface area contributed by atoms with Gasteiger partial charge in [-0.2, -0.15) is 5.26 Å². The Morgan fingerprint density at radius 3 is 2.82 bits per heavy atom. The van der Waals surface area contributed by atoms with Gasteiger partial charge in [0.1, 0.15) is 11.6 Å². The third-order valence-electron chi connectivity index (χ3n) is 5.36. The Hall–Kier alpha value is -3.30. The average molecular weight is 374 g/mol. The van der Waals surface area contributed by atoms with E-state index >= 15 is 0 Å². The molecular formula is C22H22N4O2.